The van der Waals surface area contributed by atoms with Crippen LogP contribution >= 0.6 is 47.0 Å². The van der Waals surface area contributed by atoms with Crippen molar-refractivity contribution in [3.63, 3.8) is 0 Å². The van der Waals surface area contributed by atoms with Gasteiger partial charge in [-0.2, -0.15) is 0 Å². The fourth-order valence-electron chi connectivity index (χ4n) is 1.81. The first-order chi connectivity index (χ1) is 9.04. The normalized spacial score (nSPS) is 10.5. The summed E-state index contributed by atoms with van der Waals surface area (Å²) in [5, 5.41) is 2.01. The third kappa shape index (κ3) is 4.47. The molecular weight excluding hydrogens is 319 g/mol. The Hall–Kier alpha value is -0.600. The summed E-state index contributed by atoms with van der Waals surface area (Å²) in [5.41, 5.74) is 2.11. The molecule has 0 unspecified atom stereocenters. The fourth-order valence-corrected chi connectivity index (χ4v) is 2.82. The third-order valence-corrected chi connectivity index (χ3v) is 3.80. The molecule has 2 rings (SSSR count). The van der Waals surface area contributed by atoms with Crippen LogP contribution in [0.25, 0.3) is 0 Å². The minimum Gasteiger partial charge on any atom is -0.0890 e. The molecule has 4 heteroatoms. The van der Waals surface area contributed by atoms with Crippen molar-refractivity contribution in [2.75, 3.05) is 0 Å². The summed E-state index contributed by atoms with van der Waals surface area (Å²) in [5.74, 6) is 0. The largest absolute Gasteiger partial charge is 0.0890 e. The molecule has 0 aliphatic rings. The molecule has 2 aromatic rings. The van der Waals surface area contributed by atoms with Gasteiger partial charge in [0.25, 0.3) is 0 Å². The van der Waals surface area contributed by atoms with Gasteiger partial charge in [-0.05, 0) is 35.4 Å². The van der Waals surface area contributed by atoms with Crippen LogP contribution in [0.5, 0.6) is 0 Å². The lowest BCUT2D eigenvalue weighted by Crippen LogP contribution is -2.04. The molecular formula is C15H11Cl3S. The van der Waals surface area contributed by atoms with Gasteiger partial charge >= 0.3 is 0 Å². The summed E-state index contributed by atoms with van der Waals surface area (Å²) < 4.78 is 0. The van der Waals surface area contributed by atoms with Crippen molar-refractivity contribution in [3.8, 4) is 0 Å². The predicted molar refractivity (Wildman–Crippen MR) is 87.9 cm³/mol. The van der Waals surface area contributed by atoms with Gasteiger partial charge in [-0.15, -0.1) is 0 Å². The minimum absolute atomic E-state index is 0.634. The monoisotopic (exact) mass is 328 g/mol. The van der Waals surface area contributed by atoms with Crippen molar-refractivity contribution in [3.05, 3.63) is 68.7 Å². The number of hydrogen-bond donors (Lipinski definition) is 0. The molecule has 0 aliphatic heterocycles. The molecule has 0 saturated carbocycles. The van der Waals surface area contributed by atoms with Crippen molar-refractivity contribution in [2.45, 2.75) is 12.8 Å². The average Bonchev–Trinajstić information content (AvgIpc) is 2.33. The molecule has 0 N–H and O–H groups in total. The zero-order chi connectivity index (χ0) is 13.8. The van der Waals surface area contributed by atoms with E-state index in [1.807, 2.05) is 36.4 Å². The third-order valence-electron chi connectivity index (χ3n) is 2.69. The Kier molecular flexibility index (Phi) is 5.23. The van der Waals surface area contributed by atoms with Crippen LogP contribution in [0.15, 0.2) is 42.5 Å². The van der Waals surface area contributed by atoms with Gasteiger partial charge in [0.15, 0.2) is 0 Å². The van der Waals surface area contributed by atoms with Gasteiger partial charge < -0.3 is 0 Å². The van der Waals surface area contributed by atoms with Crippen molar-refractivity contribution in [2.24, 2.45) is 0 Å². The summed E-state index contributed by atoms with van der Waals surface area (Å²) in [6.45, 7) is 0. The smallest absolute Gasteiger partial charge is 0.0456 e. The maximum absolute atomic E-state index is 6.14. The molecule has 19 heavy (non-hydrogen) atoms. The van der Waals surface area contributed by atoms with E-state index in [1.165, 1.54) is 0 Å². The van der Waals surface area contributed by atoms with E-state index in [1.54, 1.807) is 6.07 Å². The first kappa shape index (κ1) is 14.8. The molecule has 0 heterocycles. The van der Waals surface area contributed by atoms with Crippen LogP contribution in [-0.4, -0.2) is 4.86 Å². The van der Waals surface area contributed by atoms with E-state index in [0.29, 0.717) is 16.5 Å². The fraction of sp³-hybridized carbons (Fsp3) is 0.133. The van der Waals surface area contributed by atoms with E-state index in [9.17, 15) is 0 Å². The molecule has 0 spiro atoms. The highest BCUT2D eigenvalue weighted by atomic mass is 35.5. The second-order valence-electron chi connectivity index (χ2n) is 4.26. The molecule has 0 fully saturated rings. The topological polar surface area (TPSA) is 0 Å². The van der Waals surface area contributed by atoms with Gasteiger partial charge in [-0.1, -0.05) is 65.2 Å². The Morgan fingerprint density at radius 2 is 1.63 bits per heavy atom. The number of halogens is 3. The molecule has 0 amide bonds. The lowest BCUT2D eigenvalue weighted by molar-refractivity contribution is 1.25. The standard InChI is InChI=1S/C15H11Cl3S/c16-12-3-1-2-10(6-12)7-14(19)8-11-4-5-13(17)9-15(11)18/h1-6,9H,7-8H2. The van der Waals surface area contributed by atoms with Gasteiger partial charge in [-0.25, -0.2) is 0 Å². The minimum atomic E-state index is 0.634. The van der Waals surface area contributed by atoms with Crippen molar-refractivity contribution in [1.29, 1.82) is 0 Å². The molecule has 98 valence electrons. The lowest BCUT2D eigenvalue weighted by Gasteiger charge is -2.07. The second-order valence-corrected chi connectivity index (χ2v) is 6.12. The summed E-state index contributed by atoms with van der Waals surface area (Å²) in [7, 11) is 0. The number of thiocarbonyl (C=S) groups is 1. The maximum atomic E-state index is 6.14. The van der Waals surface area contributed by atoms with Crippen molar-refractivity contribution >= 4 is 51.9 Å². The summed E-state index contributed by atoms with van der Waals surface area (Å²) in [6, 6.07) is 13.2. The Morgan fingerprint density at radius 1 is 0.895 bits per heavy atom. The maximum Gasteiger partial charge on any atom is 0.0456 e. The highest BCUT2D eigenvalue weighted by Crippen LogP contribution is 2.22. The summed E-state index contributed by atoms with van der Waals surface area (Å²) >= 11 is 23.4. The van der Waals surface area contributed by atoms with Crippen LogP contribution in [0.4, 0.5) is 0 Å². The first-order valence-corrected chi connectivity index (χ1v) is 7.29. The molecule has 0 aromatic heterocycles. The summed E-state index contributed by atoms with van der Waals surface area (Å²) in [4.78, 5) is 0.923. The highest BCUT2D eigenvalue weighted by molar-refractivity contribution is 7.80. The van der Waals surface area contributed by atoms with Crippen molar-refractivity contribution in [1.82, 2.24) is 0 Å². The predicted octanol–water partition coefficient (Wildman–Crippen LogP) is 5.80. The SMILES string of the molecule is S=C(Cc1cccc(Cl)c1)Cc1ccc(Cl)cc1Cl. The second kappa shape index (κ2) is 6.71. The number of hydrogen-bond acceptors (Lipinski definition) is 1. The molecule has 0 atom stereocenters. The highest BCUT2D eigenvalue weighted by Gasteiger charge is 2.06. The van der Waals surface area contributed by atoms with E-state index >= 15 is 0 Å². The molecule has 0 nitrogen and oxygen atoms in total. The van der Waals surface area contributed by atoms with Crippen LogP contribution < -0.4 is 0 Å². The molecule has 0 saturated heterocycles. The number of benzene rings is 2. The van der Waals surface area contributed by atoms with E-state index in [0.717, 1.165) is 27.4 Å². The molecule has 0 aliphatic carbocycles. The van der Waals surface area contributed by atoms with Gasteiger partial charge in [-0.3, -0.25) is 0 Å². The Balaban J connectivity index is 2.05. The van der Waals surface area contributed by atoms with Crippen molar-refractivity contribution < 1.29 is 0 Å². The van der Waals surface area contributed by atoms with Crippen LogP contribution in [0.3, 0.4) is 0 Å². The average molecular weight is 330 g/mol. The Bertz CT molecular complexity index is 608. The van der Waals surface area contributed by atoms with Gasteiger partial charge in [0.2, 0.25) is 0 Å². The van der Waals surface area contributed by atoms with Crippen LogP contribution in [0.1, 0.15) is 11.1 Å². The zero-order valence-corrected chi connectivity index (χ0v) is 13.1. The quantitative estimate of drug-likeness (QED) is 0.639. The molecule has 2 aromatic carbocycles. The first-order valence-electron chi connectivity index (χ1n) is 5.74. The van der Waals surface area contributed by atoms with Crippen LogP contribution in [0.2, 0.25) is 15.1 Å². The Labute approximate surface area is 133 Å². The molecule has 0 radical (unpaired) electrons. The van der Waals surface area contributed by atoms with Crippen LogP contribution in [-0.2, 0) is 12.8 Å². The molecule has 0 bridgehead atoms. The van der Waals surface area contributed by atoms with Crippen LogP contribution in [0, 0.1) is 0 Å². The van der Waals surface area contributed by atoms with E-state index in [-0.39, 0.29) is 0 Å². The Morgan fingerprint density at radius 3 is 2.32 bits per heavy atom. The van der Waals surface area contributed by atoms with E-state index in [2.05, 4.69) is 0 Å². The number of rotatable bonds is 4. The van der Waals surface area contributed by atoms with E-state index < -0.39 is 0 Å². The van der Waals surface area contributed by atoms with E-state index in [4.69, 9.17) is 47.0 Å². The van der Waals surface area contributed by atoms with Gasteiger partial charge in [0.05, 0.1) is 0 Å². The van der Waals surface area contributed by atoms with Gasteiger partial charge in [0, 0.05) is 32.8 Å². The summed E-state index contributed by atoms with van der Waals surface area (Å²) in [6.07, 6.45) is 1.38. The lowest BCUT2D eigenvalue weighted by atomic mass is 10.0. The van der Waals surface area contributed by atoms with Gasteiger partial charge in [0.1, 0.15) is 0 Å². The zero-order valence-electron chi connectivity index (χ0n) is 10.00.